The lowest BCUT2D eigenvalue weighted by atomic mass is 10.2. The number of rotatable bonds is 5. The molecule has 1 aliphatic heterocycles. The molecule has 9 heteroatoms. The average molecular weight is 404 g/mol. The highest BCUT2D eigenvalue weighted by atomic mass is 32.2. The Bertz CT molecular complexity index is 990. The van der Waals surface area contributed by atoms with E-state index in [-0.39, 0.29) is 16.8 Å². The zero-order chi connectivity index (χ0) is 20.3. The first-order chi connectivity index (χ1) is 13.3. The summed E-state index contributed by atoms with van der Waals surface area (Å²) in [7, 11) is 1.51. The van der Waals surface area contributed by atoms with Gasteiger partial charge in [0.15, 0.2) is 17.6 Å². The molecule has 1 aliphatic rings. The average Bonchev–Trinajstić information content (AvgIpc) is 2.91. The van der Waals surface area contributed by atoms with Crippen molar-refractivity contribution in [1.29, 1.82) is 0 Å². The Kier molecular flexibility index (Phi) is 5.74. The molecule has 0 bridgehead atoms. The van der Waals surface area contributed by atoms with Gasteiger partial charge in [-0.15, -0.1) is 0 Å². The molecule has 2 aromatic rings. The number of aliphatic carboxylic acids is 1. The van der Waals surface area contributed by atoms with Crippen LogP contribution < -0.4 is 4.74 Å². The SMILES string of the molecule is CN1C(=O)/C(=C/c2ccc(OCC(=O)O)cc2)SC1=Nc1ccc(F)cc1F. The van der Waals surface area contributed by atoms with Crippen molar-refractivity contribution < 1.29 is 28.2 Å². The number of hydrogen-bond acceptors (Lipinski definition) is 5. The van der Waals surface area contributed by atoms with Crippen LogP contribution in [0.1, 0.15) is 5.56 Å². The lowest BCUT2D eigenvalue weighted by Gasteiger charge is -2.07. The standard InChI is InChI=1S/C19H14F2N2O4S/c1-23-18(26)16(8-11-2-5-13(6-3-11)27-10-17(24)25)28-19(23)22-15-7-4-12(20)9-14(15)21/h2-9H,10H2,1H3,(H,24,25)/b16-8-,22-19?. The number of nitrogens with zero attached hydrogens (tertiary/aromatic N) is 2. The fourth-order valence-electron chi connectivity index (χ4n) is 2.28. The van der Waals surface area contributed by atoms with Gasteiger partial charge in [0, 0.05) is 13.1 Å². The minimum absolute atomic E-state index is 0.0651. The van der Waals surface area contributed by atoms with E-state index in [4.69, 9.17) is 9.84 Å². The number of thioether (sulfide) groups is 1. The van der Waals surface area contributed by atoms with Gasteiger partial charge in [0.2, 0.25) is 0 Å². The van der Waals surface area contributed by atoms with E-state index in [1.54, 1.807) is 30.3 Å². The van der Waals surface area contributed by atoms with Gasteiger partial charge in [0.1, 0.15) is 17.3 Å². The third-order valence-electron chi connectivity index (χ3n) is 3.67. The number of carbonyl (C=O) groups excluding carboxylic acids is 1. The van der Waals surface area contributed by atoms with Crippen molar-refractivity contribution in [3.05, 3.63) is 64.6 Å². The highest BCUT2D eigenvalue weighted by molar-refractivity contribution is 8.18. The Balaban J connectivity index is 1.79. The molecule has 2 aromatic carbocycles. The van der Waals surface area contributed by atoms with Gasteiger partial charge in [-0.25, -0.2) is 18.6 Å². The van der Waals surface area contributed by atoms with E-state index in [9.17, 15) is 18.4 Å². The van der Waals surface area contributed by atoms with Crippen molar-refractivity contribution in [3.8, 4) is 5.75 Å². The molecule has 0 unspecified atom stereocenters. The number of benzene rings is 2. The zero-order valence-electron chi connectivity index (χ0n) is 14.6. The molecule has 0 saturated carbocycles. The molecule has 1 saturated heterocycles. The number of likely N-dealkylation sites (N-methyl/N-ethyl adjacent to an activating group) is 1. The summed E-state index contributed by atoms with van der Waals surface area (Å²) >= 11 is 1.07. The van der Waals surface area contributed by atoms with Gasteiger partial charge in [-0.05, 0) is 47.7 Å². The van der Waals surface area contributed by atoms with Crippen LogP contribution >= 0.6 is 11.8 Å². The van der Waals surface area contributed by atoms with Gasteiger partial charge < -0.3 is 9.84 Å². The minimum atomic E-state index is -1.08. The minimum Gasteiger partial charge on any atom is -0.482 e. The molecule has 1 N–H and O–H groups in total. The molecule has 28 heavy (non-hydrogen) atoms. The lowest BCUT2D eigenvalue weighted by Crippen LogP contribution is -2.23. The molecule has 0 aromatic heterocycles. The second-order valence-corrected chi connectivity index (χ2v) is 6.73. The number of amides is 1. The van der Waals surface area contributed by atoms with Crippen LogP contribution in [0.3, 0.4) is 0 Å². The van der Waals surface area contributed by atoms with Gasteiger partial charge >= 0.3 is 5.97 Å². The number of ether oxygens (including phenoxy) is 1. The largest absolute Gasteiger partial charge is 0.482 e. The number of halogens is 2. The maximum absolute atomic E-state index is 13.8. The van der Waals surface area contributed by atoms with Gasteiger partial charge in [-0.2, -0.15) is 0 Å². The highest BCUT2D eigenvalue weighted by Gasteiger charge is 2.30. The quantitative estimate of drug-likeness (QED) is 0.770. The molecule has 1 heterocycles. The van der Waals surface area contributed by atoms with Crippen molar-refractivity contribution >= 4 is 40.6 Å². The fourth-order valence-corrected chi connectivity index (χ4v) is 3.26. The first-order valence-electron chi connectivity index (χ1n) is 7.99. The van der Waals surface area contributed by atoms with Gasteiger partial charge in [0.25, 0.3) is 5.91 Å². The van der Waals surface area contributed by atoms with E-state index in [2.05, 4.69) is 4.99 Å². The van der Waals surface area contributed by atoms with Crippen LogP contribution in [0.25, 0.3) is 6.08 Å². The third kappa shape index (κ3) is 4.55. The highest BCUT2D eigenvalue weighted by Crippen LogP contribution is 2.34. The summed E-state index contributed by atoms with van der Waals surface area (Å²) in [6.45, 7) is -0.445. The Morgan fingerprint density at radius 1 is 1.25 bits per heavy atom. The van der Waals surface area contributed by atoms with Crippen molar-refractivity contribution in [3.63, 3.8) is 0 Å². The number of aliphatic imine (C=N–C) groups is 1. The first kappa shape index (κ1) is 19.6. The molecule has 144 valence electrons. The lowest BCUT2D eigenvalue weighted by molar-refractivity contribution is -0.139. The molecule has 1 amide bonds. The van der Waals surface area contributed by atoms with Crippen LogP contribution in [-0.2, 0) is 9.59 Å². The number of carboxylic acid groups (broad SMARTS) is 1. The van der Waals surface area contributed by atoms with Crippen molar-refractivity contribution in [2.24, 2.45) is 4.99 Å². The van der Waals surface area contributed by atoms with Crippen LogP contribution in [-0.4, -0.2) is 40.7 Å². The van der Waals surface area contributed by atoms with Gasteiger partial charge in [0.05, 0.1) is 4.91 Å². The summed E-state index contributed by atoms with van der Waals surface area (Å²) in [4.78, 5) is 28.7. The first-order valence-corrected chi connectivity index (χ1v) is 8.81. The molecule has 0 aliphatic carbocycles. The van der Waals surface area contributed by atoms with Crippen LogP contribution in [0, 0.1) is 11.6 Å². The summed E-state index contributed by atoms with van der Waals surface area (Å²) in [6.07, 6.45) is 1.63. The number of hydrogen-bond donors (Lipinski definition) is 1. The maximum Gasteiger partial charge on any atom is 0.341 e. The van der Waals surface area contributed by atoms with Crippen molar-refractivity contribution in [1.82, 2.24) is 4.90 Å². The fraction of sp³-hybridized carbons (Fsp3) is 0.105. The summed E-state index contributed by atoms with van der Waals surface area (Å²) in [5.41, 5.74) is 0.630. The van der Waals surface area contributed by atoms with E-state index < -0.39 is 24.2 Å². The van der Waals surface area contributed by atoms with Crippen LogP contribution in [0.2, 0.25) is 0 Å². The van der Waals surface area contributed by atoms with Crippen LogP contribution in [0.5, 0.6) is 5.75 Å². The third-order valence-corrected chi connectivity index (χ3v) is 4.73. The normalized spacial score (nSPS) is 16.8. The topological polar surface area (TPSA) is 79.2 Å². The second-order valence-electron chi connectivity index (χ2n) is 5.72. The number of carboxylic acids is 1. The monoisotopic (exact) mass is 404 g/mol. The smallest absolute Gasteiger partial charge is 0.341 e. The van der Waals surface area contributed by atoms with E-state index in [0.717, 1.165) is 23.9 Å². The molecule has 6 nitrogen and oxygen atoms in total. The summed E-state index contributed by atoms with van der Waals surface area (Å²) in [6, 6.07) is 9.55. The molecule has 0 atom stereocenters. The molecule has 0 spiro atoms. The zero-order valence-corrected chi connectivity index (χ0v) is 15.4. The summed E-state index contributed by atoms with van der Waals surface area (Å²) < 4.78 is 31.9. The van der Waals surface area contributed by atoms with E-state index in [0.29, 0.717) is 16.2 Å². The number of amidine groups is 1. The Labute approximate surface area is 163 Å². The predicted octanol–water partition coefficient (Wildman–Crippen LogP) is 3.66. The van der Waals surface area contributed by atoms with E-state index in [1.807, 2.05) is 0 Å². The van der Waals surface area contributed by atoms with E-state index >= 15 is 0 Å². The Morgan fingerprint density at radius 2 is 1.96 bits per heavy atom. The summed E-state index contributed by atoms with van der Waals surface area (Å²) in [5.74, 6) is -2.52. The molecule has 0 radical (unpaired) electrons. The molecule has 3 rings (SSSR count). The molecule has 1 fully saturated rings. The Morgan fingerprint density at radius 3 is 2.61 bits per heavy atom. The van der Waals surface area contributed by atoms with Gasteiger partial charge in [-0.3, -0.25) is 9.69 Å². The number of carbonyl (C=O) groups is 2. The molecular formula is C19H14F2N2O4S. The maximum atomic E-state index is 13.8. The van der Waals surface area contributed by atoms with Crippen molar-refractivity contribution in [2.45, 2.75) is 0 Å². The summed E-state index contributed by atoms with van der Waals surface area (Å²) in [5, 5.41) is 8.87. The molecular weight excluding hydrogens is 390 g/mol. The van der Waals surface area contributed by atoms with Crippen LogP contribution in [0.4, 0.5) is 14.5 Å². The van der Waals surface area contributed by atoms with Crippen molar-refractivity contribution in [2.75, 3.05) is 13.7 Å². The van der Waals surface area contributed by atoms with Gasteiger partial charge in [-0.1, -0.05) is 12.1 Å². The van der Waals surface area contributed by atoms with E-state index in [1.165, 1.54) is 18.0 Å². The second kappa shape index (κ2) is 8.22. The Hall–Kier alpha value is -3.20. The van der Waals surface area contributed by atoms with Crippen LogP contribution in [0.15, 0.2) is 52.4 Å². The predicted molar refractivity (Wildman–Crippen MR) is 101 cm³/mol.